The Labute approximate surface area is 136 Å². The van der Waals surface area contributed by atoms with E-state index in [2.05, 4.69) is 10.4 Å². The maximum Gasteiger partial charge on any atom is 0.272 e. The van der Waals surface area contributed by atoms with Crippen LogP contribution in [0.1, 0.15) is 49.0 Å². The highest BCUT2D eigenvalue weighted by Crippen LogP contribution is 2.39. The van der Waals surface area contributed by atoms with E-state index in [0.717, 1.165) is 30.2 Å². The molecule has 1 saturated heterocycles. The zero-order chi connectivity index (χ0) is 15.9. The van der Waals surface area contributed by atoms with Crippen molar-refractivity contribution in [3.05, 3.63) is 30.0 Å². The molecule has 5 nitrogen and oxygen atoms in total. The van der Waals surface area contributed by atoms with Gasteiger partial charge in [0.2, 0.25) is 0 Å². The molecule has 1 aromatic carbocycles. The van der Waals surface area contributed by atoms with Crippen molar-refractivity contribution in [1.29, 1.82) is 0 Å². The Kier molecular flexibility index (Phi) is 3.60. The molecule has 1 atom stereocenters. The number of carbonyl (C=O) groups excluding carboxylic acids is 1. The van der Waals surface area contributed by atoms with E-state index in [1.54, 1.807) is 4.68 Å². The molecule has 23 heavy (non-hydrogen) atoms. The quantitative estimate of drug-likeness (QED) is 0.927. The summed E-state index contributed by atoms with van der Waals surface area (Å²) in [7, 11) is 1.87. The number of benzene rings is 1. The highest BCUT2D eigenvalue weighted by molar-refractivity contribution is 6.04. The molecule has 2 fully saturated rings. The SMILES string of the molecule is Cn1nc(C(=O)NC2COC3(CCCCC3)C2)c2ccccc21. The molecule has 1 unspecified atom stereocenters. The number of para-hydroxylation sites is 1. The molecule has 122 valence electrons. The van der Waals surface area contributed by atoms with Gasteiger partial charge in [0, 0.05) is 12.4 Å². The number of nitrogens with zero attached hydrogens (tertiary/aromatic N) is 2. The molecule has 1 spiro atoms. The lowest BCUT2D eigenvalue weighted by atomic mass is 9.82. The summed E-state index contributed by atoms with van der Waals surface area (Å²) in [6.45, 7) is 0.622. The average molecular weight is 313 g/mol. The predicted molar refractivity (Wildman–Crippen MR) is 88.4 cm³/mol. The lowest BCUT2D eigenvalue weighted by Gasteiger charge is -2.32. The first kappa shape index (κ1) is 14.7. The average Bonchev–Trinajstić information content (AvgIpc) is 3.10. The van der Waals surface area contributed by atoms with Crippen LogP contribution in [0.5, 0.6) is 0 Å². The Morgan fingerprint density at radius 3 is 2.91 bits per heavy atom. The van der Waals surface area contributed by atoms with Gasteiger partial charge in [0.25, 0.3) is 5.91 Å². The Bertz CT molecular complexity index is 731. The summed E-state index contributed by atoms with van der Waals surface area (Å²) in [6.07, 6.45) is 6.99. The van der Waals surface area contributed by atoms with E-state index in [-0.39, 0.29) is 17.6 Å². The van der Waals surface area contributed by atoms with Gasteiger partial charge in [-0.1, -0.05) is 37.5 Å². The van der Waals surface area contributed by atoms with E-state index in [1.165, 1.54) is 19.3 Å². The third-order valence-electron chi connectivity index (χ3n) is 5.28. The van der Waals surface area contributed by atoms with Crippen LogP contribution in [0.2, 0.25) is 0 Å². The summed E-state index contributed by atoms with van der Waals surface area (Å²) in [5.74, 6) is -0.0942. The maximum atomic E-state index is 12.7. The third-order valence-corrected chi connectivity index (χ3v) is 5.28. The zero-order valence-electron chi connectivity index (χ0n) is 13.5. The van der Waals surface area contributed by atoms with Crippen LogP contribution in [0.3, 0.4) is 0 Å². The van der Waals surface area contributed by atoms with Crippen molar-refractivity contribution in [2.75, 3.05) is 6.61 Å². The fraction of sp³-hybridized carbons (Fsp3) is 0.556. The number of ether oxygens (including phenoxy) is 1. The number of hydrogen-bond donors (Lipinski definition) is 1. The van der Waals surface area contributed by atoms with E-state index in [0.29, 0.717) is 12.3 Å². The van der Waals surface area contributed by atoms with Crippen LogP contribution >= 0.6 is 0 Å². The minimum absolute atomic E-state index is 0.0163. The van der Waals surface area contributed by atoms with Crippen molar-refractivity contribution >= 4 is 16.8 Å². The van der Waals surface area contributed by atoms with E-state index in [9.17, 15) is 4.79 Å². The highest BCUT2D eigenvalue weighted by atomic mass is 16.5. The Morgan fingerprint density at radius 1 is 1.30 bits per heavy atom. The summed E-state index contributed by atoms with van der Waals surface area (Å²) < 4.78 is 7.85. The number of aromatic nitrogens is 2. The molecule has 0 radical (unpaired) electrons. The Morgan fingerprint density at radius 2 is 2.09 bits per heavy atom. The van der Waals surface area contributed by atoms with Gasteiger partial charge in [-0.3, -0.25) is 9.48 Å². The molecule has 5 heteroatoms. The van der Waals surface area contributed by atoms with E-state index in [1.807, 2.05) is 31.3 Å². The summed E-state index contributed by atoms with van der Waals surface area (Å²) in [5, 5.41) is 8.43. The monoisotopic (exact) mass is 313 g/mol. The molecule has 4 rings (SSSR count). The Hall–Kier alpha value is -1.88. The van der Waals surface area contributed by atoms with Crippen LogP contribution in [-0.4, -0.2) is 33.9 Å². The molecule has 2 aliphatic rings. The van der Waals surface area contributed by atoms with E-state index >= 15 is 0 Å². The van der Waals surface area contributed by atoms with E-state index < -0.39 is 0 Å². The first-order valence-corrected chi connectivity index (χ1v) is 8.53. The van der Waals surface area contributed by atoms with Crippen molar-refractivity contribution in [3.8, 4) is 0 Å². The van der Waals surface area contributed by atoms with Crippen LogP contribution in [0.15, 0.2) is 24.3 Å². The lowest BCUT2D eigenvalue weighted by molar-refractivity contribution is -0.0246. The molecule has 1 aliphatic carbocycles. The van der Waals surface area contributed by atoms with Crippen molar-refractivity contribution in [3.63, 3.8) is 0 Å². The Balaban J connectivity index is 1.50. The molecule has 0 bridgehead atoms. The number of nitrogens with one attached hydrogen (secondary N) is 1. The smallest absolute Gasteiger partial charge is 0.272 e. The van der Waals surface area contributed by atoms with Crippen LogP contribution < -0.4 is 5.32 Å². The summed E-state index contributed by atoms with van der Waals surface area (Å²) >= 11 is 0. The fourth-order valence-corrected chi connectivity index (χ4v) is 4.12. The molecule has 1 aliphatic heterocycles. The standard InChI is InChI=1S/C18H23N3O2/c1-21-15-8-4-3-7-14(15)16(20-21)17(22)19-13-11-18(23-12-13)9-5-2-6-10-18/h3-4,7-8,13H,2,5-6,9-12H2,1H3,(H,19,22). The summed E-state index contributed by atoms with van der Waals surface area (Å²) in [6, 6.07) is 7.93. The lowest BCUT2D eigenvalue weighted by Crippen LogP contribution is -2.37. The second-order valence-corrected chi connectivity index (χ2v) is 6.92. The van der Waals surface area contributed by atoms with Gasteiger partial charge in [0.1, 0.15) is 0 Å². The number of amides is 1. The van der Waals surface area contributed by atoms with Gasteiger partial charge < -0.3 is 10.1 Å². The predicted octanol–water partition coefficient (Wildman–Crippen LogP) is 2.79. The van der Waals surface area contributed by atoms with Gasteiger partial charge in [0.05, 0.1) is 23.8 Å². The van der Waals surface area contributed by atoms with Crippen LogP contribution in [0.4, 0.5) is 0 Å². The molecular formula is C18H23N3O2. The summed E-state index contributed by atoms with van der Waals surface area (Å²) in [4.78, 5) is 12.7. The number of aryl methyl sites for hydroxylation is 1. The number of carbonyl (C=O) groups is 1. The largest absolute Gasteiger partial charge is 0.373 e. The van der Waals surface area contributed by atoms with Gasteiger partial charge in [0.15, 0.2) is 5.69 Å². The first-order chi connectivity index (χ1) is 11.2. The molecule has 1 saturated carbocycles. The zero-order valence-corrected chi connectivity index (χ0v) is 13.5. The van der Waals surface area contributed by atoms with Crippen molar-refractivity contribution in [2.24, 2.45) is 7.05 Å². The molecule has 1 amide bonds. The molecule has 1 aromatic heterocycles. The van der Waals surface area contributed by atoms with E-state index in [4.69, 9.17) is 4.74 Å². The second-order valence-electron chi connectivity index (χ2n) is 6.92. The first-order valence-electron chi connectivity index (χ1n) is 8.53. The van der Waals surface area contributed by atoms with Crippen LogP contribution in [0.25, 0.3) is 10.9 Å². The highest BCUT2D eigenvalue weighted by Gasteiger charge is 2.41. The normalized spacial score (nSPS) is 23.4. The van der Waals surface area contributed by atoms with Crippen LogP contribution in [0, 0.1) is 0 Å². The van der Waals surface area contributed by atoms with Crippen molar-refractivity contribution in [1.82, 2.24) is 15.1 Å². The molecule has 1 N–H and O–H groups in total. The maximum absolute atomic E-state index is 12.7. The van der Waals surface area contributed by atoms with Gasteiger partial charge in [-0.15, -0.1) is 0 Å². The molecule has 2 heterocycles. The van der Waals surface area contributed by atoms with Gasteiger partial charge in [-0.25, -0.2) is 0 Å². The minimum atomic E-state index is -0.0942. The summed E-state index contributed by atoms with van der Waals surface area (Å²) in [5.41, 5.74) is 1.50. The second kappa shape index (κ2) is 5.64. The molecular weight excluding hydrogens is 290 g/mol. The van der Waals surface area contributed by atoms with Crippen molar-refractivity contribution in [2.45, 2.75) is 50.2 Å². The number of hydrogen-bond acceptors (Lipinski definition) is 3. The van der Waals surface area contributed by atoms with Gasteiger partial charge in [-0.05, 0) is 25.3 Å². The number of fused-ring (bicyclic) bond motifs is 1. The van der Waals surface area contributed by atoms with Crippen LogP contribution in [-0.2, 0) is 11.8 Å². The van der Waals surface area contributed by atoms with Crippen molar-refractivity contribution < 1.29 is 9.53 Å². The third kappa shape index (κ3) is 2.63. The van der Waals surface area contributed by atoms with Gasteiger partial charge >= 0.3 is 0 Å². The number of rotatable bonds is 2. The van der Waals surface area contributed by atoms with Gasteiger partial charge in [-0.2, -0.15) is 5.10 Å². The topological polar surface area (TPSA) is 56.2 Å². The molecule has 2 aromatic rings. The minimum Gasteiger partial charge on any atom is -0.373 e. The fourth-order valence-electron chi connectivity index (χ4n) is 4.12.